The number of hydrogen-bond acceptors (Lipinski definition) is 5. The highest BCUT2D eigenvalue weighted by molar-refractivity contribution is 7.91. The molecule has 0 saturated heterocycles. The Morgan fingerprint density at radius 2 is 1.67 bits per heavy atom. The fourth-order valence-corrected chi connectivity index (χ4v) is 3.15. The zero-order valence-electron chi connectivity index (χ0n) is 9.15. The molecule has 0 aliphatic rings. The van der Waals surface area contributed by atoms with Crippen molar-refractivity contribution < 1.29 is 13.0 Å². The van der Waals surface area contributed by atoms with E-state index in [-0.39, 0.29) is 15.3 Å². The Labute approximate surface area is 103 Å². The van der Waals surface area contributed by atoms with Crippen LogP contribution in [0.3, 0.4) is 0 Å². The Balaban J connectivity index is 2.30. The van der Waals surface area contributed by atoms with Gasteiger partial charge >= 0.3 is 0 Å². The van der Waals surface area contributed by atoms with Crippen LogP contribution in [0.2, 0.25) is 0 Å². The molecule has 0 radical (unpaired) electrons. The van der Waals surface area contributed by atoms with Gasteiger partial charge in [0.25, 0.3) is 0 Å². The molecule has 18 heavy (non-hydrogen) atoms. The molecule has 6 heteroatoms. The lowest BCUT2D eigenvalue weighted by atomic mass is 10.3. The van der Waals surface area contributed by atoms with Crippen molar-refractivity contribution in [3.63, 3.8) is 0 Å². The first-order valence-electron chi connectivity index (χ1n) is 5.21. The van der Waals surface area contributed by atoms with Crippen LogP contribution in [0.15, 0.2) is 63.0 Å². The first-order chi connectivity index (χ1) is 8.69. The summed E-state index contributed by atoms with van der Waals surface area (Å²) in [6.45, 7) is 0. The Hall–Kier alpha value is -2.21. The second-order valence-electron chi connectivity index (χ2n) is 3.70. The molecule has 5 nitrogen and oxygen atoms in total. The largest absolute Gasteiger partial charge is 0.243 e. The number of rotatable bonds is 2. The van der Waals surface area contributed by atoms with Gasteiger partial charge in [0.05, 0.1) is 4.90 Å². The molecule has 0 fully saturated rings. The highest BCUT2D eigenvalue weighted by Crippen LogP contribution is 2.25. The topological polar surface area (TPSA) is 73.1 Å². The lowest BCUT2D eigenvalue weighted by Gasteiger charge is -2.03. The quantitative estimate of drug-likeness (QED) is 0.705. The molecule has 0 N–H and O–H groups in total. The predicted octanol–water partition coefficient (Wildman–Crippen LogP) is 2.06. The number of benzene rings is 2. The Morgan fingerprint density at radius 1 is 0.889 bits per heavy atom. The van der Waals surface area contributed by atoms with Crippen molar-refractivity contribution in [2.75, 3.05) is 0 Å². The first kappa shape index (κ1) is 10.9. The fourth-order valence-electron chi connectivity index (χ4n) is 1.72. The molecule has 0 unspecified atom stereocenters. The van der Waals surface area contributed by atoms with Gasteiger partial charge < -0.3 is 0 Å². The Morgan fingerprint density at radius 3 is 2.44 bits per heavy atom. The molecule has 0 aliphatic carbocycles. The van der Waals surface area contributed by atoms with Crippen LogP contribution < -0.4 is 0 Å². The molecule has 1 aromatic heterocycles. The summed E-state index contributed by atoms with van der Waals surface area (Å²) >= 11 is 0. The molecule has 2 aromatic carbocycles. The summed E-state index contributed by atoms with van der Waals surface area (Å²) in [6.07, 6.45) is 0. The lowest BCUT2D eigenvalue weighted by molar-refractivity contribution is 0.315. The molecular weight excluding hydrogens is 252 g/mol. The summed E-state index contributed by atoms with van der Waals surface area (Å²) < 4.78 is 29.4. The van der Waals surface area contributed by atoms with E-state index < -0.39 is 9.84 Å². The van der Waals surface area contributed by atoms with E-state index in [1.165, 1.54) is 6.07 Å². The van der Waals surface area contributed by atoms with Gasteiger partial charge in [-0.3, -0.25) is 0 Å². The highest BCUT2D eigenvalue weighted by atomic mass is 32.2. The SMILES string of the molecule is O=S(=O)(c1ccccc1)c1cccc2nonc12. The minimum atomic E-state index is -3.60. The van der Waals surface area contributed by atoms with E-state index in [2.05, 4.69) is 14.9 Å². The molecule has 90 valence electrons. The molecule has 0 amide bonds. The Kier molecular flexibility index (Phi) is 2.38. The van der Waals surface area contributed by atoms with Crippen LogP contribution in [-0.4, -0.2) is 18.7 Å². The molecule has 3 aromatic rings. The van der Waals surface area contributed by atoms with Crippen molar-refractivity contribution in [2.45, 2.75) is 9.79 Å². The van der Waals surface area contributed by atoms with Gasteiger partial charge in [0.2, 0.25) is 9.84 Å². The van der Waals surface area contributed by atoms with E-state index in [1.807, 2.05) is 0 Å². The zero-order chi connectivity index (χ0) is 12.6. The van der Waals surface area contributed by atoms with Crippen LogP contribution in [0, 0.1) is 0 Å². The summed E-state index contributed by atoms with van der Waals surface area (Å²) in [5, 5.41) is 7.28. The van der Waals surface area contributed by atoms with Crippen molar-refractivity contribution in [3.05, 3.63) is 48.5 Å². The monoisotopic (exact) mass is 260 g/mol. The van der Waals surface area contributed by atoms with E-state index in [4.69, 9.17) is 0 Å². The molecule has 0 atom stereocenters. The number of nitrogens with zero attached hydrogens (tertiary/aromatic N) is 2. The van der Waals surface area contributed by atoms with Gasteiger partial charge in [0.1, 0.15) is 10.4 Å². The third kappa shape index (κ3) is 1.58. The minimum absolute atomic E-state index is 0.104. The van der Waals surface area contributed by atoms with Crippen molar-refractivity contribution >= 4 is 20.9 Å². The third-order valence-electron chi connectivity index (χ3n) is 2.59. The molecule has 3 rings (SSSR count). The van der Waals surface area contributed by atoms with Gasteiger partial charge in [-0.25, -0.2) is 13.0 Å². The van der Waals surface area contributed by atoms with Gasteiger partial charge in [-0.2, -0.15) is 0 Å². The van der Waals surface area contributed by atoms with Gasteiger partial charge in [-0.05, 0) is 34.6 Å². The van der Waals surface area contributed by atoms with Crippen LogP contribution in [0.1, 0.15) is 0 Å². The average Bonchev–Trinajstić information content (AvgIpc) is 2.87. The Bertz CT molecular complexity index is 794. The predicted molar refractivity (Wildman–Crippen MR) is 63.7 cm³/mol. The van der Waals surface area contributed by atoms with Crippen LogP contribution in [-0.2, 0) is 9.84 Å². The van der Waals surface area contributed by atoms with Crippen LogP contribution in [0.4, 0.5) is 0 Å². The van der Waals surface area contributed by atoms with Crippen molar-refractivity contribution in [3.8, 4) is 0 Å². The maximum Gasteiger partial charge on any atom is 0.208 e. The number of hydrogen-bond donors (Lipinski definition) is 0. The summed E-state index contributed by atoms with van der Waals surface area (Å²) in [5.41, 5.74) is 0.674. The molecule has 1 heterocycles. The van der Waals surface area contributed by atoms with Gasteiger partial charge in [0.15, 0.2) is 5.52 Å². The van der Waals surface area contributed by atoms with E-state index in [0.29, 0.717) is 5.52 Å². The molecule has 0 spiro atoms. The highest BCUT2D eigenvalue weighted by Gasteiger charge is 2.22. The van der Waals surface area contributed by atoms with E-state index in [9.17, 15) is 8.42 Å². The summed E-state index contributed by atoms with van der Waals surface area (Å²) in [6, 6.07) is 13.0. The third-order valence-corrected chi connectivity index (χ3v) is 4.39. The van der Waals surface area contributed by atoms with Crippen molar-refractivity contribution in [1.82, 2.24) is 10.3 Å². The normalized spacial score (nSPS) is 11.8. The van der Waals surface area contributed by atoms with Gasteiger partial charge in [-0.15, -0.1) is 0 Å². The smallest absolute Gasteiger partial charge is 0.208 e. The average molecular weight is 260 g/mol. The second kappa shape index (κ2) is 3.92. The molecule has 0 saturated carbocycles. The molecular formula is C12H8N2O3S. The first-order valence-corrected chi connectivity index (χ1v) is 6.69. The maximum absolute atomic E-state index is 12.4. The minimum Gasteiger partial charge on any atom is -0.243 e. The number of aromatic nitrogens is 2. The summed E-state index contributed by atoms with van der Waals surface area (Å²) in [5.74, 6) is 0. The fraction of sp³-hybridized carbons (Fsp3) is 0. The van der Waals surface area contributed by atoms with E-state index in [0.717, 1.165) is 0 Å². The van der Waals surface area contributed by atoms with Crippen LogP contribution in [0.5, 0.6) is 0 Å². The van der Waals surface area contributed by atoms with Crippen molar-refractivity contribution in [1.29, 1.82) is 0 Å². The standard InChI is InChI=1S/C12H8N2O3S/c15-18(16,9-5-2-1-3-6-9)11-8-4-7-10-12(11)14-17-13-10/h1-8H. The number of fused-ring (bicyclic) bond motifs is 1. The lowest BCUT2D eigenvalue weighted by Crippen LogP contribution is -2.02. The van der Waals surface area contributed by atoms with Crippen LogP contribution in [0.25, 0.3) is 11.0 Å². The van der Waals surface area contributed by atoms with Gasteiger partial charge in [-0.1, -0.05) is 24.3 Å². The molecule has 0 bridgehead atoms. The van der Waals surface area contributed by atoms with E-state index >= 15 is 0 Å². The van der Waals surface area contributed by atoms with E-state index in [1.54, 1.807) is 42.5 Å². The van der Waals surface area contributed by atoms with Crippen LogP contribution >= 0.6 is 0 Å². The summed E-state index contributed by atoms with van der Waals surface area (Å²) in [7, 11) is -3.60. The number of sulfone groups is 1. The molecule has 0 aliphatic heterocycles. The maximum atomic E-state index is 12.4. The zero-order valence-corrected chi connectivity index (χ0v) is 9.96. The van der Waals surface area contributed by atoms with Gasteiger partial charge in [0, 0.05) is 0 Å². The summed E-state index contributed by atoms with van der Waals surface area (Å²) in [4.78, 5) is 0.327. The second-order valence-corrected chi connectivity index (χ2v) is 5.62. The van der Waals surface area contributed by atoms with Crippen molar-refractivity contribution in [2.24, 2.45) is 0 Å².